The van der Waals surface area contributed by atoms with Gasteiger partial charge < -0.3 is 19.6 Å². The van der Waals surface area contributed by atoms with Crippen molar-refractivity contribution in [1.82, 2.24) is 0 Å². The minimum atomic E-state index is -0.552. The molecule has 2 aromatic carbocycles. The van der Waals surface area contributed by atoms with E-state index in [-0.39, 0.29) is 18.2 Å². The zero-order valence-corrected chi connectivity index (χ0v) is 16.2. The van der Waals surface area contributed by atoms with E-state index >= 15 is 0 Å². The molecule has 0 amide bonds. The van der Waals surface area contributed by atoms with Crippen LogP contribution < -0.4 is 14.5 Å². The molecule has 2 N–H and O–H groups in total. The van der Waals surface area contributed by atoms with Crippen LogP contribution in [0.1, 0.15) is 23.7 Å². The topological polar surface area (TPSA) is 54.2 Å². The Kier molecular flexibility index (Phi) is 7.01. The highest BCUT2D eigenvalue weighted by Crippen LogP contribution is 2.15. The molecule has 1 saturated heterocycles. The lowest BCUT2D eigenvalue weighted by Gasteiger charge is -2.34. The van der Waals surface area contributed by atoms with Gasteiger partial charge in [0.2, 0.25) is 0 Å². The van der Waals surface area contributed by atoms with Gasteiger partial charge in [0, 0.05) is 17.7 Å². The van der Waals surface area contributed by atoms with Crippen LogP contribution >= 0.6 is 0 Å². The maximum atomic E-state index is 13.0. The lowest BCUT2D eigenvalue weighted by molar-refractivity contribution is -0.903. The molecule has 1 aliphatic rings. The normalized spacial score (nSPS) is 16.0. The molecule has 6 heteroatoms. The fraction of sp³-hybridized carbons (Fsp3) is 0.409. The molecule has 1 atom stereocenters. The molecule has 0 spiro atoms. The van der Waals surface area contributed by atoms with E-state index in [4.69, 9.17) is 4.74 Å². The van der Waals surface area contributed by atoms with Gasteiger partial charge in [-0.3, -0.25) is 4.79 Å². The monoisotopic (exact) mass is 387 g/mol. The molecular formula is C22H28FN2O3+. The first-order chi connectivity index (χ1) is 13.5. The first-order valence-corrected chi connectivity index (χ1v) is 9.83. The highest BCUT2D eigenvalue weighted by molar-refractivity contribution is 5.95. The van der Waals surface area contributed by atoms with Crippen molar-refractivity contribution in [2.24, 2.45) is 0 Å². The van der Waals surface area contributed by atoms with Gasteiger partial charge in [0.05, 0.1) is 26.2 Å². The number of ketones is 1. The van der Waals surface area contributed by atoms with E-state index in [1.165, 1.54) is 17.0 Å². The molecule has 0 bridgehead atoms. The van der Waals surface area contributed by atoms with E-state index in [0.29, 0.717) is 24.3 Å². The van der Waals surface area contributed by atoms with Gasteiger partial charge in [-0.25, -0.2) is 4.39 Å². The number of nitrogens with zero attached hydrogens (tertiary/aromatic N) is 1. The number of hydrogen-bond donors (Lipinski definition) is 2. The number of Topliss-reactive ketones (excluding diaryl/α,β-unsaturated/α-hetero) is 1. The van der Waals surface area contributed by atoms with Gasteiger partial charge in [0.1, 0.15) is 30.8 Å². The number of hydrogen-bond acceptors (Lipinski definition) is 4. The summed E-state index contributed by atoms with van der Waals surface area (Å²) < 4.78 is 18.7. The van der Waals surface area contributed by atoms with Gasteiger partial charge in [-0.05, 0) is 48.5 Å². The van der Waals surface area contributed by atoms with Gasteiger partial charge in [0.15, 0.2) is 5.78 Å². The number of carbonyl (C=O) groups is 1. The second-order valence-electron chi connectivity index (χ2n) is 7.18. The number of rotatable bonds is 8. The SMILES string of the molecule is CCC(=O)c1ccc(OC[C@H](O)C[NH+]2CCN(c3ccc(F)cc3)CC2)cc1. The van der Waals surface area contributed by atoms with E-state index in [1.54, 1.807) is 24.3 Å². The van der Waals surface area contributed by atoms with Gasteiger partial charge in [-0.15, -0.1) is 0 Å². The molecule has 28 heavy (non-hydrogen) atoms. The Bertz CT molecular complexity index is 756. The Morgan fingerprint density at radius 2 is 1.79 bits per heavy atom. The minimum absolute atomic E-state index is 0.106. The molecular weight excluding hydrogens is 359 g/mol. The molecule has 0 radical (unpaired) electrons. The Balaban J connectivity index is 1.40. The number of nitrogens with one attached hydrogen (secondary N) is 1. The average molecular weight is 387 g/mol. The van der Waals surface area contributed by atoms with Crippen LogP contribution in [0.2, 0.25) is 0 Å². The Hall–Kier alpha value is -2.44. The number of aliphatic hydroxyl groups is 1. The van der Waals surface area contributed by atoms with Crippen LogP contribution in [0.25, 0.3) is 0 Å². The lowest BCUT2D eigenvalue weighted by Crippen LogP contribution is -3.16. The summed E-state index contributed by atoms with van der Waals surface area (Å²) in [6.07, 6.45) is -0.0693. The van der Waals surface area contributed by atoms with Crippen molar-refractivity contribution in [3.8, 4) is 5.75 Å². The third kappa shape index (κ3) is 5.53. The molecule has 1 heterocycles. The molecule has 5 nitrogen and oxygen atoms in total. The van der Waals surface area contributed by atoms with Crippen LogP contribution in [0.15, 0.2) is 48.5 Å². The predicted molar refractivity (Wildman–Crippen MR) is 107 cm³/mol. The Labute approximate surface area is 165 Å². The first kappa shape index (κ1) is 20.3. The van der Waals surface area contributed by atoms with Gasteiger partial charge in [0.25, 0.3) is 0 Å². The standard InChI is InChI=1S/C22H27FN2O3/c1-2-22(27)17-3-9-21(10-4-17)28-16-20(26)15-24-11-13-25(14-12-24)19-7-5-18(23)6-8-19/h3-10,20,26H,2,11-16H2,1H3/p+1/t20-/m1/s1. The number of quaternary nitrogens is 1. The molecule has 2 aromatic rings. The molecule has 0 saturated carbocycles. The van der Waals surface area contributed by atoms with Gasteiger partial charge in [-0.2, -0.15) is 0 Å². The summed E-state index contributed by atoms with van der Waals surface area (Å²) in [5.41, 5.74) is 1.72. The van der Waals surface area contributed by atoms with Crippen LogP contribution in [0.4, 0.5) is 10.1 Å². The predicted octanol–water partition coefficient (Wildman–Crippen LogP) is 1.56. The largest absolute Gasteiger partial charge is 0.491 e. The summed E-state index contributed by atoms with van der Waals surface area (Å²) in [4.78, 5) is 15.2. The van der Waals surface area contributed by atoms with Crippen molar-refractivity contribution >= 4 is 11.5 Å². The van der Waals surface area contributed by atoms with Crippen molar-refractivity contribution in [3.05, 3.63) is 59.9 Å². The third-order valence-corrected chi connectivity index (χ3v) is 5.13. The first-order valence-electron chi connectivity index (χ1n) is 9.83. The molecule has 150 valence electrons. The van der Waals surface area contributed by atoms with Crippen LogP contribution in [0.3, 0.4) is 0 Å². The second kappa shape index (κ2) is 9.66. The average Bonchev–Trinajstić information content (AvgIpc) is 2.73. The fourth-order valence-corrected chi connectivity index (χ4v) is 3.46. The third-order valence-electron chi connectivity index (χ3n) is 5.13. The van der Waals surface area contributed by atoms with E-state index < -0.39 is 6.10 Å². The summed E-state index contributed by atoms with van der Waals surface area (Å²) in [5.74, 6) is 0.542. The highest BCUT2D eigenvalue weighted by atomic mass is 19.1. The molecule has 0 aromatic heterocycles. The highest BCUT2D eigenvalue weighted by Gasteiger charge is 2.23. The smallest absolute Gasteiger partial charge is 0.162 e. The zero-order chi connectivity index (χ0) is 19.9. The van der Waals surface area contributed by atoms with Crippen LogP contribution in [-0.4, -0.2) is 56.3 Å². The number of carbonyl (C=O) groups excluding carboxylic acids is 1. The van der Waals surface area contributed by atoms with Crippen molar-refractivity contribution in [3.63, 3.8) is 0 Å². The van der Waals surface area contributed by atoms with Crippen LogP contribution in [0, 0.1) is 5.82 Å². The molecule has 3 rings (SSSR count). The number of ether oxygens (including phenoxy) is 1. The van der Waals surface area contributed by atoms with Gasteiger partial charge in [-0.1, -0.05) is 6.92 Å². The van der Waals surface area contributed by atoms with E-state index in [0.717, 1.165) is 31.9 Å². The molecule has 1 aliphatic heterocycles. The number of anilines is 1. The summed E-state index contributed by atoms with van der Waals surface area (Å²) in [6, 6.07) is 13.6. The fourth-order valence-electron chi connectivity index (χ4n) is 3.46. The van der Waals surface area contributed by atoms with Gasteiger partial charge >= 0.3 is 0 Å². The Morgan fingerprint density at radius 1 is 1.14 bits per heavy atom. The maximum Gasteiger partial charge on any atom is 0.162 e. The summed E-state index contributed by atoms with van der Waals surface area (Å²) in [5, 5.41) is 10.3. The summed E-state index contributed by atoms with van der Waals surface area (Å²) >= 11 is 0. The maximum absolute atomic E-state index is 13.0. The number of benzene rings is 2. The van der Waals surface area contributed by atoms with Crippen molar-refractivity contribution in [1.29, 1.82) is 0 Å². The van der Waals surface area contributed by atoms with Crippen molar-refractivity contribution < 1.29 is 23.9 Å². The Morgan fingerprint density at radius 3 is 2.39 bits per heavy atom. The van der Waals surface area contributed by atoms with Crippen molar-refractivity contribution in [2.75, 3.05) is 44.2 Å². The van der Waals surface area contributed by atoms with Crippen molar-refractivity contribution in [2.45, 2.75) is 19.4 Å². The van der Waals surface area contributed by atoms with Crippen LogP contribution in [0.5, 0.6) is 5.75 Å². The zero-order valence-electron chi connectivity index (χ0n) is 16.2. The molecule has 0 unspecified atom stereocenters. The van der Waals surface area contributed by atoms with E-state index in [1.807, 2.05) is 19.1 Å². The lowest BCUT2D eigenvalue weighted by atomic mass is 10.1. The number of halogens is 1. The number of piperazine rings is 1. The number of aliphatic hydroxyl groups excluding tert-OH is 1. The van der Waals surface area contributed by atoms with E-state index in [9.17, 15) is 14.3 Å². The van der Waals surface area contributed by atoms with Crippen LogP contribution in [-0.2, 0) is 0 Å². The molecule has 1 fully saturated rings. The summed E-state index contributed by atoms with van der Waals surface area (Å²) in [6.45, 7) is 6.29. The minimum Gasteiger partial charge on any atom is -0.491 e. The van der Waals surface area contributed by atoms with E-state index in [2.05, 4.69) is 4.90 Å². The quantitative estimate of drug-likeness (QED) is 0.675. The summed E-state index contributed by atoms with van der Waals surface area (Å²) in [7, 11) is 0. The molecule has 0 aliphatic carbocycles. The second-order valence-corrected chi connectivity index (χ2v) is 7.18.